The van der Waals surface area contributed by atoms with E-state index in [1.807, 2.05) is 6.08 Å². The van der Waals surface area contributed by atoms with Crippen molar-refractivity contribution in [1.29, 1.82) is 0 Å². The zero-order chi connectivity index (χ0) is 39.8. The number of amides is 2. The maximum Gasteiger partial charge on any atom is 0.301 e. The Morgan fingerprint density at radius 2 is 1.46 bits per heavy atom. The monoisotopic (exact) mass is 816 g/mol. The molecule has 1 heterocycles. The third kappa shape index (κ3) is 5.34. The highest BCUT2D eigenvalue weighted by molar-refractivity contribution is 9.10. The van der Waals surface area contributed by atoms with Crippen molar-refractivity contribution in [3.63, 3.8) is 0 Å². The number of ketones is 2. The number of nitrogens with zero attached hydrogens (tertiary/aromatic N) is 4. The lowest BCUT2D eigenvalue weighted by molar-refractivity contribution is -0.392. The number of fused-ring (bicyclic) bond motifs is 4. The Balaban J connectivity index is 1.34. The van der Waals surface area contributed by atoms with Gasteiger partial charge < -0.3 is 10.0 Å². The molecule has 14 heteroatoms. The van der Waals surface area contributed by atoms with Gasteiger partial charge in [-0.05, 0) is 54.2 Å². The first-order chi connectivity index (χ1) is 26.8. The van der Waals surface area contributed by atoms with Crippen LogP contribution in [0.3, 0.4) is 0 Å². The molecule has 4 aromatic rings. The lowest BCUT2D eigenvalue weighted by Crippen LogP contribution is -2.58. The minimum Gasteiger partial charge on any atom is -0.508 e. The van der Waals surface area contributed by atoms with E-state index in [0.717, 1.165) is 17.0 Å². The van der Waals surface area contributed by atoms with Crippen molar-refractivity contribution < 1.29 is 34.1 Å². The molecule has 0 radical (unpaired) electrons. The second kappa shape index (κ2) is 13.5. The fourth-order valence-corrected chi connectivity index (χ4v) is 10.1. The number of phenolic OH excluding ortho intramolecular Hbond substituents is 1. The van der Waals surface area contributed by atoms with Crippen molar-refractivity contribution in [1.82, 2.24) is 0 Å². The van der Waals surface area contributed by atoms with E-state index in [1.54, 1.807) is 72.8 Å². The maximum atomic E-state index is 15.2. The van der Waals surface area contributed by atoms with Crippen LogP contribution in [0.25, 0.3) is 5.57 Å². The van der Waals surface area contributed by atoms with Crippen LogP contribution in [0.2, 0.25) is 0 Å². The predicted molar refractivity (Wildman–Crippen MR) is 209 cm³/mol. The SMILES string of the molecule is CN(C)c1c([N+](=O)[O-])cc(N2C(=O)C3CC=C4C(CC5C(=O)C(c6ccccc6)=CC(=O)C5(c5ccccc5)C4c4cc(Br)ccc4O)C3C2=O)cc1[N+](=O)[O-]. The molecular weight excluding hydrogens is 784 g/mol. The number of allylic oxidation sites excluding steroid dienone is 4. The lowest BCUT2D eigenvalue weighted by Gasteiger charge is -2.55. The third-order valence-corrected chi connectivity index (χ3v) is 12.3. The summed E-state index contributed by atoms with van der Waals surface area (Å²) in [7, 11) is 2.83. The van der Waals surface area contributed by atoms with Crippen molar-refractivity contribution >= 4 is 67.6 Å². The molecule has 1 N–H and O–H groups in total. The number of rotatable bonds is 7. The Labute approximate surface area is 328 Å². The number of aromatic hydroxyl groups is 1. The van der Waals surface area contributed by atoms with Crippen molar-refractivity contribution in [3.8, 4) is 5.75 Å². The van der Waals surface area contributed by atoms with Gasteiger partial charge in [0.1, 0.15) is 5.75 Å². The average molecular weight is 818 g/mol. The smallest absolute Gasteiger partial charge is 0.301 e. The lowest BCUT2D eigenvalue weighted by atomic mass is 9.44. The number of phenols is 1. The van der Waals surface area contributed by atoms with E-state index in [9.17, 15) is 34.9 Å². The molecule has 0 aromatic heterocycles. The zero-order valence-electron chi connectivity index (χ0n) is 30.0. The van der Waals surface area contributed by atoms with Gasteiger partial charge in [-0.1, -0.05) is 88.2 Å². The molecule has 6 atom stereocenters. The number of anilines is 2. The molecule has 0 spiro atoms. The number of carbonyl (C=O) groups is 4. The van der Waals surface area contributed by atoms with Crippen LogP contribution < -0.4 is 9.80 Å². The van der Waals surface area contributed by atoms with Gasteiger partial charge in [0.05, 0.1) is 32.8 Å². The van der Waals surface area contributed by atoms with Crippen LogP contribution in [0.4, 0.5) is 22.7 Å². The number of benzene rings is 4. The molecular formula is C42H33BrN4O9. The summed E-state index contributed by atoms with van der Waals surface area (Å²) in [6, 6.07) is 24.6. The van der Waals surface area contributed by atoms with Gasteiger partial charge in [-0.3, -0.25) is 39.4 Å². The highest BCUT2D eigenvalue weighted by atomic mass is 79.9. The first-order valence-electron chi connectivity index (χ1n) is 17.9. The summed E-state index contributed by atoms with van der Waals surface area (Å²) in [6.45, 7) is 0. The summed E-state index contributed by atoms with van der Waals surface area (Å²) in [5.41, 5.74) is -1.25. The molecule has 2 amide bonds. The first kappa shape index (κ1) is 36.7. The molecule has 282 valence electrons. The number of halogens is 1. The van der Waals surface area contributed by atoms with E-state index in [-0.39, 0.29) is 47.1 Å². The third-order valence-electron chi connectivity index (χ3n) is 11.8. The summed E-state index contributed by atoms with van der Waals surface area (Å²) >= 11 is 3.52. The fourth-order valence-electron chi connectivity index (χ4n) is 9.69. The van der Waals surface area contributed by atoms with Crippen molar-refractivity contribution in [3.05, 3.63) is 150 Å². The molecule has 1 saturated carbocycles. The fraction of sp³-hybridized carbons (Fsp3) is 0.238. The van der Waals surface area contributed by atoms with Crippen molar-refractivity contribution in [2.24, 2.45) is 23.7 Å². The van der Waals surface area contributed by atoms with Crippen LogP contribution in [0.15, 0.2) is 113 Å². The summed E-state index contributed by atoms with van der Waals surface area (Å²) in [4.78, 5) is 84.3. The molecule has 56 heavy (non-hydrogen) atoms. The van der Waals surface area contributed by atoms with Crippen LogP contribution in [-0.2, 0) is 24.6 Å². The molecule has 4 aliphatic rings. The number of nitro benzene ring substituents is 2. The largest absolute Gasteiger partial charge is 0.508 e. The van der Waals surface area contributed by atoms with E-state index in [1.165, 1.54) is 31.1 Å². The number of hydrogen-bond acceptors (Lipinski definition) is 10. The number of imide groups is 1. The topological polar surface area (TPSA) is 181 Å². The normalized spacial score (nSPS) is 25.5. The summed E-state index contributed by atoms with van der Waals surface area (Å²) in [5.74, 6) is -7.15. The second-order valence-corrected chi connectivity index (χ2v) is 15.7. The molecule has 1 saturated heterocycles. The molecule has 13 nitrogen and oxygen atoms in total. The number of carbonyl (C=O) groups excluding carboxylic acids is 4. The number of nitro groups is 2. The molecule has 1 aliphatic heterocycles. The van der Waals surface area contributed by atoms with Gasteiger partial charge in [-0.15, -0.1) is 0 Å². The Kier molecular flexibility index (Phi) is 8.83. The van der Waals surface area contributed by atoms with Crippen molar-refractivity contribution in [2.45, 2.75) is 24.2 Å². The molecule has 4 aromatic carbocycles. The Morgan fingerprint density at radius 3 is 2.07 bits per heavy atom. The summed E-state index contributed by atoms with van der Waals surface area (Å²) in [6.07, 6.45) is 3.22. The highest BCUT2D eigenvalue weighted by Crippen LogP contribution is 2.64. The van der Waals surface area contributed by atoms with E-state index in [2.05, 4.69) is 15.9 Å². The van der Waals surface area contributed by atoms with Gasteiger partial charge >= 0.3 is 11.4 Å². The van der Waals surface area contributed by atoms with Gasteiger partial charge in [0.25, 0.3) is 0 Å². The molecule has 3 aliphatic carbocycles. The van der Waals surface area contributed by atoms with Crippen molar-refractivity contribution in [2.75, 3.05) is 23.9 Å². The second-order valence-electron chi connectivity index (χ2n) is 14.7. The summed E-state index contributed by atoms with van der Waals surface area (Å²) in [5, 5.41) is 36.0. The molecule has 0 bridgehead atoms. The van der Waals surface area contributed by atoms with Gasteiger partial charge in [-0.25, -0.2) is 4.90 Å². The van der Waals surface area contributed by atoms with Crippen LogP contribution in [0, 0.1) is 43.9 Å². The Morgan fingerprint density at radius 1 is 0.839 bits per heavy atom. The first-order valence-corrected chi connectivity index (χ1v) is 18.7. The van der Waals surface area contributed by atoms with E-state index in [0.29, 0.717) is 26.7 Å². The van der Waals surface area contributed by atoms with E-state index >= 15 is 9.59 Å². The van der Waals surface area contributed by atoms with Gasteiger partial charge in [-0.2, -0.15) is 0 Å². The van der Waals surface area contributed by atoms with Crippen LogP contribution in [0.5, 0.6) is 5.75 Å². The predicted octanol–water partition coefficient (Wildman–Crippen LogP) is 7.07. The average Bonchev–Trinajstić information content (AvgIpc) is 3.45. The zero-order valence-corrected chi connectivity index (χ0v) is 31.6. The standard InChI is InChI=1S/C42H33BrN4O9/c1-44(2)38-32(46(53)54)18-25(19-33(38)47(55)56)45-40(51)27-15-14-26-29(36(27)41(45)52)20-31-39(50)28(22-9-5-3-6-10-22)21-35(49)42(31,23-11-7-4-8-12-23)37(26)30-17-24(43)13-16-34(30)48/h3-14,16-19,21,27,29,31,36-37,48H,15,20H2,1-2H3. The van der Waals surface area contributed by atoms with Gasteiger partial charge in [0.2, 0.25) is 11.8 Å². The minimum atomic E-state index is -1.57. The van der Waals surface area contributed by atoms with Crippen LogP contribution in [-0.4, -0.2) is 52.4 Å². The molecule has 6 unspecified atom stereocenters. The van der Waals surface area contributed by atoms with E-state index in [4.69, 9.17) is 0 Å². The van der Waals surface area contributed by atoms with E-state index < -0.39 is 68.0 Å². The summed E-state index contributed by atoms with van der Waals surface area (Å²) < 4.78 is 0.597. The number of hydrogen-bond donors (Lipinski definition) is 1. The molecule has 8 rings (SSSR count). The Hall–Kier alpha value is -6.28. The van der Waals surface area contributed by atoms with Crippen LogP contribution in [0.1, 0.15) is 35.4 Å². The van der Waals surface area contributed by atoms with Gasteiger partial charge in [0.15, 0.2) is 17.3 Å². The molecule has 2 fully saturated rings. The quantitative estimate of drug-likeness (QED) is 0.0877. The number of Topliss-reactive ketones (excluding diaryl/α,β-unsaturated/α-hetero) is 1. The highest BCUT2D eigenvalue weighted by Gasteiger charge is 2.66. The minimum absolute atomic E-state index is 0.0192. The Bertz CT molecular complexity index is 2430. The van der Waals surface area contributed by atoms with Crippen LogP contribution >= 0.6 is 15.9 Å². The van der Waals surface area contributed by atoms with Gasteiger partial charge in [0, 0.05) is 53.7 Å². The maximum absolute atomic E-state index is 15.2.